The predicted molar refractivity (Wildman–Crippen MR) is 64.8 cm³/mol. The number of rotatable bonds is 5. The summed E-state index contributed by atoms with van der Waals surface area (Å²) in [6.45, 7) is 5.68. The lowest BCUT2D eigenvalue weighted by atomic mass is 10.3. The number of nitrogens with one attached hydrogen (secondary N) is 1. The summed E-state index contributed by atoms with van der Waals surface area (Å²) in [5, 5.41) is 12.4. The van der Waals surface area contributed by atoms with E-state index in [9.17, 15) is 0 Å². The fraction of sp³-hybridized carbons (Fsp3) is 0.600. The van der Waals surface area contributed by atoms with Gasteiger partial charge in [0.15, 0.2) is 0 Å². The smallest absolute Gasteiger partial charge is 0.0524 e. The molecule has 2 N–H and O–H groups in total. The Morgan fingerprint density at radius 3 is 2.86 bits per heavy atom. The van der Waals surface area contributed by atoms with E-state index < -0.39 is 0 Å². The fourth-order valence-corrected chi connectivity index (χ4v) is 2.70. The van der Waals surface area contributed by atoms with Gasteiger partial charge in [0.25, 0.3) is 0 Å². The van der Waals surface area contributed by atoms with Crippen LogP contribution in [-0.4, -0.2) is 17.8 Å². The highest BCUT2D eigenvalue weighted by atomic mass is 79.9. The van der Waals surface area contributed by atoms with Crippen molar-refractivity contribution in [3.05, 3.63) is 20.3 Å². The van der Waals surface area contributed by atoms with Crippen LogP contribution in [0.2, 0.25) is 0 Å². The van der Waals surface area contributed by atoms with Crippen LogP contribution in [0, 0.1) is 6.92 Å². The van der Waals surface area contributed by atoms with Crippen LogP contribution in [0.4, 0.5) is 0 Å². The van der Waals surface area contributed by atoms with Crippen LogP contribution < -0.4 is 5.32 Å². The Balaban J connectivity index is 2.25. The molecule has 1 rings (SSSR count). The van der Waals surface area contributed by atoms with Gasteiger partial charge in [-0.25, -0.2) is 0 Å². The number of thiophene rings is 1. The summed E-state index contributed by atoms with van der Waals surface area (Å²) >= 11 is 5.29. The lowest BCUT2D eigenvalue weighted by molar-refractivity contribution is 0.183. The number of hydrogen-bond donors (Lipinski definition) is 2. The van der Waals surface area contributed by atoms with E-state index in [0.29, 0.717) is 0 Å². The van der Waals surface area contributed by atoms with Crippen LogP contribution in [0.15, 0.2) is 10.5 Å². The zero-order valence-corrected chi connectivity index (χ0v) is 10.9. The molecule has 0 aliphatic rings. The van der Waals surface area contributed by atoms with Crippen molar-refractivity contribution in [2.24, 2.45) is 0 Å². The summed E-state index contributed by atoms with van der Waals surface area (Å²) in [7, 11) is 0. The fourth-order valence-electron chi connectivity index (χ4n) is 1.13. The van der Waals surface area contributed by atoms with Gasteiger partial charge in [0.05, 0.1) is 6.10 Å². The Morgan fingerprint density at radius 2 is 2.36 bits per heavy atom. The average molecular weight is 278 g/mol. The largest absolute Gasteiger partial charge is 0.393 e. The van der Waals surface area contributed by atoms with E-state index in [1.165, 1.54) is 14.2 Å². The van der Waals surface area contributed by atoms with Gasteiger partial charge in [-0.2, -0.15) is 0 Å². The van der Waals surface area contributed by atoms with Gasteiger partial charge in [0.1, 0.15) is 0 Å². The highest BCUT2D eigenvalue weighted by molar-refractivity contribution is 9.10. The molecule has 0 fully saturated rings. The Kier molecular flexibility index (Phi) is 5.09. The number of halogens is 1. The highest BCUT2D eigenvalue weighted by Crippen LogP contribution is 2.25. The molecular formula is C10H16BrNOS. The van der Waals surface area contributed by atoms with Gasteiger partial charge < -0.3 is 10.4 Å². The van der Waals surface area contributed by atoms with Crippen molar-refractivity contribution in [3.8, 4) is 0 Å². The third-order valence-corrected chi connectivity index (χ3v) is 4.08. The van der Waals surface area contributed by atoms with Crippen LogP contribution in [0.1, 0.15) is 23.1 Å². The zero-order chi connectivity index (χ0) is 10.6. The van der Waals surface area contributed by atoms with E-state index in [1.54, 1.807) is 11.3 Å². The first kappa shape index (κ1) is 12.2. The van der Waals surface area contributed by atoms with Crippen LogP contribution in [0.5, 0.6) is 0 Å². The molecular weight excluding hydrogens is 262 g/mol. The minimum Gasteiger partial charge on any atom is -0.393 e. The molecule has 0 bridgehead atoms. The third-order valence-electron chi connectivity index (χ3n) is 1.95. The van der Waals surface area contributed by atoms with Crippen molar-refractivity contribution in [3.63, 3.8) is 0 Å². The monoisotopic (exact) mass is 277 g/mol. The Morgan fingerprint density at radius 1 is 1.64 bits per heavy atom. The average Bonchev–Trinajstić information content (AvgIpc) is 2.40. The van der Waals surface area contributed by atoms with Gasteiger partial charge in [-0.05, 0) is 48.8 Å². The number of aliphatic hydroxyl groups excluding tert-OH is 1. The molecule has 14 heavy (non-hydrogen) atoms. The molecule has 1 aromatic rings. The van der Waals surface area contributed by atoms with E-state index in [2.05, 4.69) is 34.2 Å². The number of hydrogen-bond acceptors (Lipinski definition) is 3. The SMILES string of the molecule is Cc1sc(CNCCC(C)O)cc1Br. The maximum atomic E-state index is 9.05. The Labute approximate surface area is 97.5 Å². The second kappa shape index (κ2) is 5.85. The molecule has 0 aliphatic heterocycles. The number of aliphatic hydroxyl groups is 1. The molecule has 0 saturated heterocycles. The summed E-state index contributed by atoms with van der Waals surface area (Å²) in [5.74, 6) is 0. The van der Waals surface area contributed by atoms with Crippen LogP contribution in [0.3, 0.4) is 0 Å². The Hall–Kier alpha value is 0.100. The maximum absolute atomic E-state index is 9.05. The highest BCUT2D eigenvalue weighted by Gasteiger charge is 2.02. The van der Waals surface area contributed by atoms with Crippen LogP contribution in [0.25, 0.3) is 0 Å². The first-order valence-electron chi connectivity index (χ1n) is 4.73. The van der Waals surface area contributed by atoms with E-state index in [1.807, 2.05) is 6.92 Å². The second-order valence-corrected chi connectivity index (χ2v) is 5.63. The van der Waals surface area contributed by atoms with Gasteiger partial charge in [0.2, 0.25) is 0 Å². The van der Waals surface area contributed by atoms with Crippen molar-refractivity contribution in [1.82, 2.24) is 5.32 Å². The summed E-state index contributed by atoms with van der Waals surface area (Å²) in [4.78, 5) is 2.65. The molecule has 2 nitrogen and oxygen atoms in total. The van der Waals surface area contributed by atoms with E-state index in [4.69, 9.17) is 5.11 Å². The van der Waals surface area contributed by atoms with Crippen LogP contribution >= 0.6 is 27.3 Å². The predicted octanol–water partition coefficient (Wildman–Crippen LogP) is 2.68. The molecule has 1 atom stereocenters. The van der Waals surface area contributed by atoms with Crippen molar-refractivity contribution >= 4 is 27.3 Å². The normalized spacial score (nSPS) is 13.1. The summed E-state index contributed by atoms with van der Waals surface area (Å²) in [5.41, 5.74) is 0. The molecule has 0 aliphatic carbocycles. The standard InChI is InChI=1S/C10H16BrNOS/c1-7(13)3-4-12-6-9-5-10(11)8(2)14-9/h5,7,12-13H,3-4,6H2,1-2H3. The summed E-state index contributed by atoms with van der Waals surface area (Å²) in [6, 6.07) is 2.15. The molecule has 4 heteroatoms. The molecule has 0 spiro atoms. The lowest BCUT2D eigenvalue weighted by Crippen LogP contribution is -2.17. The second-order valence-electron chi connectivity index (χ2n) is 3.43. The van der Waals surface area contributed by atoms with Gasteiger partial charge in [-0.3, -0.25) is 0 Å². The topological polar surface area (TPSA) is 32.3 Å². The van der Waals surface area contributed by atoms with Crippen LogP contribution in [-0.2, 0) is 6.54 Å². The minimum absolute atomic E-state index is 0.209. The third kappa shape index (κ3) is 4.09. The minimum atomic E-state index is -0.209. The van der Waals surface area contributed by atoms with E-state index >= 15 is 0 Å². The Bertz CT molecular complexity index is 266. The van der Waals surface area contributed by atoms with Crippen molar-refractivity contribution < 1.29 is 5.11 Å². The lowest BCUT2D eigenvalue weighted by Gasteiger charge is -2.04. The first-order chi connectivity index (χ1) is 6.59. The first-order valence-corrected chi connectivity index (χ1v) is 6.34. The quantitative estimate of drug-likeness (QED) is 0.812. The van der Waals surface area contributed by atoms with E-state index in [-0.39, 0.29) is 6.10 Å². The summed E-state index contributed by atoms with van der Waals surface area (Å²) < 4.78 is 1.19. The summed E-state index contributed by atoms with van der Waals surface area (Å²) in [6.07, 6.45) is 0.602. The van der Waals surface area contributed by atoms with Crippen molar-refractivity contribution in [1.29, 1.82) is 0 Å². The molecule has 0 aromatic carbocycles. The number of aryl methyl sites for hydroxylation is 1. The molecule has 0 amide bonds. The van der Waals surface area contributed by atoms with Gasteiger partial charge in [-0.15, -0.1) is 11.3 Å². The maximum Gasteiger partial charge on any atom is 0.0524 e. The molecule has 1 aromatic heterocycles. The molecule has 1 unspecified atom stereocenters. The van der Waals surface area contributed by atoms with Crippen molar-refractivity contribution in [2.45, 2.75) is 32.9 Å². The van der Waals surface area contributed by atoms with Gasteiger partial charge >= 0.3 is 0 Å². The zero-order valence-electron chi connectivity index (χ0n) is 8.51. The molecule has 80 valence electrons. The van der Waals surface area contributed by atoms with Gasteiger partial charge in [0, 0.05) is 20.8 Å². The van der Waals surface area contributed by atoms with E-state index in [0.717, 1.165) is 19.5 Å². The van der Waals surface area contributed by atoms with Gasteiger partial charge in [-0.1, -0.05) is 0 Å². The molecule has 0 radical (unpaired) electrons. The molecule has 0 saturated carbocycles. The molecule has 1 heterocycles. The van der Waals surface area contributed by atoms with Crippen molar-refractivity contribution in [2.75, 3.05) is 6.54 Å².